The van der Waals surface area contributed by atoms with E-state index in [4.69, 9.17) is 15.2 Å². The molecule has 0 unspecified atom stereocenters. The van der Waals surface area contributed by atoms with E-state index in [0.29, 0.717) is 19.0 Å². The van der Waals surface area contributed by atoms with E-state index in [1.54, 1.807) is 12.1 Å². The van der Waals surface area contributed by atoms with E-state index in [1.807, 2.05) is 6.07 Å². The minimum absolute atomic E-state index is 0.0561. The Morgan fingerprint density at radius 1 is 1.14 bits per heavy atom. The molecule has 1 aromatic rings. The van der Waals surface area contributed by atoms with E-state index in [1.165, 1.54) is 6.42 Å². The van der Waals surface area contributed by atoms with E-state index >= 15 is 0 Å². The smallest absolute Gasteiger partial charge is 0.165 e. The van der Waals surface area contributed by atoms with Crippen LogP contribution in [-0.2, 0) is 10.3 Å². The molecular weight excluding hydrogens is 269 g/mol. The molecule has 2 fully saturated rings. The van der Waals surface area contributed by atoms with Crippen molar-refractivity contribution in [2.45, 2.75) is 56.6 Å². The zero-order chi connectivity index (χ0) is 14.7. The molecule has 1 saturated carbocycles. The first-order chi connectivity index (χ1) is 10.2. The molecule has 2 N–H and O–H groups in total. The maximum absolute atomic E-state index is 14.3. The average molecular weight is 293 g/mol. The molecule has 0 radical (unpaired) electrons. The first-order valence-corrected chi connectivity index (χ1v) is 8.01. The summed E-state index contributed by atoms with van der Waals surface area (Å²) in [6, 6.07) is 5.24. The van der Waals surface area contributed by atoms with Gasteiger partial charge in [0.05, 0.1) is 13.2 Å². The lowest BCUT2D eigenvalue weighted by Crippen LogP contribution is -2.38. The van der Waals surface area contributed by atoms with Crippen molar-refractivity contribution in [1.29, 1.82) is 0 Å². The van der Waals surface area contributed by atoms with Crippen LogP contribution in [0.2, 0.25) is 0 Å². The molecule has 0 spiro atoms. The van der Waals surface area contributed by atoms with Crippen molar-refractivity contribution in [3.8, 4) is 5.75 Å². The Balaban J connectivity index is 1.72. The highest BCUT2D eigenvalue weighted by atomic mass is 19.1. The molecule has 116 valence electrons. The maximum atomic E-state index is 14.3. The van der Waals surface area contributed by atoms with Crippen molar-refractivity contribution >= 4 is 0 Å². The number of nitrogens with two attached hydrogens (primary N) is 1. The van der Waals surface area contributed by atoms with Crippen LogP contribution in [-0.4, -0.2) is 19.3 Å². The van der Waals surface area contributed by atoms with Crippen LogP contribution >= 0.6 is 0 Å². The van der Waals surface area contributed by atoms with Gasteiger partial charge in [-0.15, -0.1) is 0 Å². The Morgan fingerprint density at radius 2 is 1.86 bits per heavy atom. The van der Waals surface area contributed by atoms with Crippen molar-refractivity contribution in [3.05, 3.63) is 29.6 Å². The highest BCUT2D eigenvalue weighted by molar-refractivity contribution is 5.34. The van der Waals surface area contributed by atoms with Gasteiger partial charge < -0.3 is 15.2 Å². The highest BCUT2D eigenvalue weighted by Crippen LogP contribution is 2.36. The number of hydrogen-bond donors (Lipinski definition) is 1. The van der Waals surface area contributed by atoms with Gasteiger partial charge in [-0.05, 0) is 30.5 Å². The Kier molecular flexibility index (Phi) is 4.45. The molecule has 0 atom stereocenters. The fraction of sp³-hybridized carbons (Fsp3) is 0.647. The first-order valence-electron chi connectivity index (χ1n) is 8.01. The van der Waals surface area contributed by atoms with Crippen molar-refractivity contribution in [3.63, 3.8) is 0 Å². The fourth-order valence-corrected chi connectivity index (χ4v) is 3.35. The summed E-state index contributed by atoms with van der Waals surface area (Å²) >= 11 is 0. The summed E-state index contributed by atoms with van der Waals surface area (Å²) in [4.78, 5) is 0. The molecule has 2 aliphatic rings. The van der Waals surface area contributed by atoms with Crippen LogP contribution in [0.4, 0.5) is 4.39 Å². The van der Waals surface area contributed by atoms with Gasteiger partial charge in [0.1, 0.15) is 6.10 Å². The summed E-state index contributed by atoms with van der Waals surface area (Å²) in [5.41, 5.74) is 7.00. The summed E-state index contributed by atoms with van der Waals surface area (Å²) in [5.74, 6) is 0.0412. The van der Waals surface area contributed by atoms with Gasteiger partial charge in [0.25, 0.3) is 0 Å². The van der Waals surface area contributed by atoms with Gasteiger partial charge >= 0.3 is 0 Å². The molecule has 3 nitrogen and oxygen atoms in total. The second-order valence-electron chi connectivity index (χ2n) is 6.29. The second kappa shape index (κ2) is 6.32. The molecular formula is C17H24FNO2. The predicted molar refractivity (Wildman–Crippen MR) is 79.8 cm³/mol. The number of halogens is 1. The van der Waals surface area contributed by atoms with E-state index < -0.39 is 0 Å². The van der Waals surface area contributed by atoms with Crippen molar-refractivity contribution in [2.24, 2.45) is 5.73 Å². The van der Waals surface area contributed by atoms with E-state index in [2.05, 4.69) is 0 Å². The normalized spacial score (nSPS) is 23.0. The molecule has 1 heterocycles. The van der Waals surface area contributed by atoms with Crippen LogP contribution in [0.15, 0.2) is 18.2 Å². The van der Waals surface area contributed by atoms with Gasteiger partial charge in [-0.2, -0.15) is 0 Å². The number of ether oxygens (including phenoxy) is 2. The molecule has 1 saturated heterocycles. The number of hydrogen-bond acceptors (Lipinski definition) is 3. The molecule has 0 amide bonds. The lowest BCUT2D eigenvalue weighted by molar-refractivity contribution is 0.0240. The van der Waals surface area contributed by atoms with Crippen LogP contribution in [0.3, 0.4) is 0 Å². The van der Waals surface area contributed by atoms with Crippen molar-refractivity contribution in [1.82, 2.24) is 0 Å². The standard InChI is InChI=1S/C17H24FNO2/c18-15-12-13(17(19)8-2-1-3-9-17)4-5-16(15)21-14-6-10-20-11-7-14/h4-5,12,14H,1-3,6-11,19H2. The Hall–Kier alpha value is -1.13. The fourth-order valence-electron chi connectivity index (χ4n) is 3.35. The summed E-state index contributed by atoms with van der Waals surface area (Å²) in [6.45, 7) is 1.38. The van der Waals surface area contributed by atoms with Gasteiger partial charge in [-0.3, -0.25) is 0 Å². The minimum atomic E-state index is -0.365. The molecule has 1 aliphatic heterocycles. The number of rotatable bonds is 3. The Labute approximate surface area is 125 Å². The highest BCUT2D eigenvalue weighted by Gasteiger charge is 2.30. The van der Waals surface area contributed by atoms with E-state index in [9.17, 15) is 4.39 Å². The van der Waals surface area contributed by atoms with Crippen molar-refractivity contribution < 1.29 is 13.9 Å². The minimum Gasteiger partial charge on any atom is -0.487 e. The van der Waals surface area contributed by atoms with Gasteiger partial charge in [0.2, 0.25) is 0 Å². The summed E-state index contributed by atoms with van der Waals surface area (Å²) in [7, 11) is 0. The monoisotopic (exact) mass is 293 g/mol. The van der Waals surface area contributed by atoms with Crippen molar-refractivity contribution in [2.75, 3.05) is 13.2 Å². The van der Waals surface area contributed by atoms with E-state index in [0.717, 1.165) is 44.1 Å². The molecule has 3 rings (SSSR count). The SMILES string of the molecule is NC1(c2ccc(OC3CCOCC3)c(F)c2)CCCCC1. The summed E-state index contributed by atoms with van der Waals surface area (Å²) in [5, 5.41) is 0. The zero-order valence-corrected chi connectivity index (χ0v) is 12.4. The van der Waals surface area contributed by atoms with Crippen LogP contribution in [0.1, 0.15) is 50.5 Å². The van der Waals surface area contributed by atoms with Crippen LogP contribution in [0, 0.1) is 5.82 Å². The third-order valence-corrected chi connectivity index (χ3v) is 4.71. The summed E-state index contributed by atoms with van der Waals surface area (Å²) < 4.78 is 25.4. The lowest BCUT2D eigenvalue weighted by Gasteiger charge is -2.34. The Bertz CT molecular complexity index is 480. The van der Waals surface area contributed by atoms with Gasteiger partial charge in [0.15, 0.2) is 11.6 Å². The third-order valence-electron chi connectivity index (χ3n) is 4.71. The zero-order valence-electron chi connectivity index (χ0n) is 12.4. The van der Waals surface area contributed by atoms with Gasteiger partial charge in [-0.1, -0.05) is 25.3 Å². The van der Waals surface area contributed by atoms with Gasteiger partial charge in [0, 0.05) is 18.4 Å². The molecule has 1 aromatic carbocycles. The molecule has 4 heteroatoms. The van der Waals surface area contributed by atoms with E-state index in [-0.39, 0.29) is 17.5 Å². The van der Waals surface area contributed by atoms with Crippen LogP contribution in [0.5, 0.6) is 5.75 Å². The Morgan fingerprint density at radius 3 is 2.52 bits per heavy atom. The van der Waals surface area contributed by atoms with Crippen LogP contribution in [0.25, 0.3) is 0 Å². The molecule has 21 heavy (non-hydrogen) atoms. The number of benzene rings is 1. The average Bonchev–Trinajstić information content (AvgIpc) is 2.51. The van der Waals surface area contributed by atoms with Gasteiger partial charge in [-0.25, -0.2) is 4.39 Å². The predicted octanol–water partition coefficient (Wildman–Crippen LogP) is 3.50. The maximum Gasteiger partial charge on any atom is 0.165 e. The van der Waals surface area contributed by atoms with Crippen LogP contribution < -0.4 is 10.5 Å². The molecule has 0 aromatic heterocycles. The lowest BCUT2D eigenvalue weighted by atomic mass is 9.77. The first kappa shape index (κ1) is 14.8. The molecule has 0 bridgehead atoms. The topological polar surface area (TPSA) is 44.5 Å². The largest absolute Gasteiger partial charge is 0.487 e. The quantitative estimate of drug-likeness (QED) is 0.927. The summed E-state index contributed by atoms with van der Waals surface area (Å²) in [6.07, 6.45) is 7.05. The molecule has 1 aliphatic carbocycles. The second-order valence-corrected chi connectivity index (χ2v) is 6.29. The third kappa shape index (κ3) is 3.38.